The van der Waals surface area contributed by atoms with E-state index in [1.807, 2.05) is 0 Å². The van der Waals surface area contributed by atoms with Crippen molar-refractivity contribution in [2.24, 2.45) is 10.9 Å². The van der Waals surface area contributed by atoms with E-state index in [1.54, 1.807) is 0 Å². The number of hydrogen-bond donors (Lipinski definition) is 2. The molecule has 2 aliphatic rings. The van der Waals surface area contributed by atoms with Crippen LogP contribution in [0.25, 0.3) is 0 Å². The van der Waals surface area contributed by atoms with Crippen molar-refractivity contribution in [1.82, 2.24) is 15.5 Å². The normalized spacial score (nSPS) is 21.9. The molecule has 0 amide bonds. The number of nitrogens with one attached hydrogen (secondary N) is 2. The minimum atomic E-state index is 0.741. The van der Waals surface area contributed by atoms with Gasteiger partial charge >= 0.3 is 0 Å². The fourth-order valence-electron chi connectivity index (χ4n) is 3.49. The van der Waals surface area contributed by atoms with E-state index in [0.29, 0.717) is 0 Å². The number of rotatable bonds is 8. The van der Waals surface area contributed by atoms with E-state index >= 15 is 0 Å². The summed E-state index contributed by atoms with van der Waals surface area (Å²) in [4.78, 5) is 7.49. The van der Waals surface area contributed by atoms with Gasteiger partial charge in [0.05, 0.1) is 0 Å². The fraction of sp³-hybridized carbons (Fsp3) is 0.650. The van der Waals surface area contributed by atoms with Gasteiger partial charge in [-0.25, -0.2) is 0 Å². The molecule has 4 nitrogen and oxygen atoms in total. The number of nitrogens with zero attached hydrogens (tertiary/aromatic N) is 2. The monoisotopic (exact) mass is 328 g/mol. The Morgan fingerprint density at radius 1 is 1.17 bits per heavy atom. The second-order valence-electron chi connectivity index (χ2n) is 7.12. The van der Waals surface area contributed by atoms with Crippen molar-refractivity contribution in [1.29, 1.82) is 0 Å². The van der Waals surface area contributed by atoms with Crippen molar-refractivity contribution in [2.45, 2.75) is 45.1 Å². The number of guanidine groups is 1. The summed E-state index contributed by atoms with van der Waals surface area (Å²) in [6.07, 6.45) is 6.40. The maximum atomic E-state index is 4.82. The van der Waals surface area contributed by atoms with E-state index < -0.39 is 0 Å². The smallest absolute Gasteiger partial charge is 0.191 e. The average Bonchev–Trinajstić information content (AvgIpc) is 3.36. The molecule has 4 heteroatoms. The minimum Gasteiger partial charge on any atom is -0.357 e. The molecule has 1 aromatic carbocycles. The first-order valence-corrected chi connectivity index (χ1v) is 9.65. The molecule has 1 heterocycles. The van der Waals surface area contributed by atoms with Crippen LogP contribution in [0, 0.1) is 5.92 Å². The highest BCUT2D eigenvalue weighted by Gasteiger charge is 2.34. The van der Waals surface area contributed by atoms with Crippen molar-refractivity contribution in [3.63, 3.8) is 0 Å². The van der Waals surface area contributed by atoms with Crippen LogP contribution in [0.15, 0.2) is 35.3 Å². The van der Waals surface area contributed by atoms with Gasteiger partial charge in [-0.15, -0.1) is 0 Å². The van der Waals surface area contributed by atoms with Crippen LogP contribution < -0.4 is 10.6 Å². The molecule has 1 aliphatic carbocycles. The van der Waals surface area contributed by atoms with E-state index in [2.05, 4.69) is 52.8 Å². The second kappa shape index (κ2) is 9.07. The van der Waals surface area contributed by atoms with Gasteiger partial charge in [-0.1, -0.05) is 30.3 Å². The summed E-state index contributed by atoms with van der Waals surface area (Å²) in [5, 5.41) is 6.86. The first kappa shape index (κ1) is 17.3. The van der Waals surface area contributed by atoms with Crippen LogP contribution in [0.1, 0.15) is 38.2 Å². The van der Waals surface area contributed by atoms with Gasteiger partial charge in [0.15, 0.2) is 5.96 Å². The van der Waals surface area contributed by atoms with Gasteiger partial charge in [0, 0.05) is 32.2 Å². The Morgan fingerprint density at radius 2 is 2.00 bits per heavy atom. The maximum Gasteiger partial charge on any atom is 0.191 e. The molecule has 0 radical (unpaired) electrons. The fourth-order valence-corrected chi connectivity index (χ4v) is 3.49. The van der Waals surface area contributed by atoms with Crippen LogP contribution in [0.5, 0.6) is 0 Å². The van der Waals surface area contributed by atoms with Gasteiger partial charge in [0.2, 0.25) is 0 Å². The highest BCUT2D eigenvalue weighted by Crippen LogP contribution is 2.31. The van der Waals surface area contributed by atoms with Crippen LogP contribution in [-0.2, 0) is 6.42 Å². The van der Waals surface area contributed by atoms with Gasteiger partial charge in [0.25, 0.3) is 0 Å². The summed E-state index contributed by atoms with van der Waals surface area (Å²) in [6, 6.07) is 11.6. The molecule has 1 saturated heterocycles. The largest absolute Gasteiger partial charge is 0.357 e. The second-order valence-corrected chi connectivity index (χ2v) is 7.12. The van der Waals surface area contributed by atoms with Crippen LogP contribution in [-0.4, -0.2) is 49.6 Å². The summed E-state index contributed by atoms with van der Waals surface area (Å²) < 4.78 is 0. The van der Waals surface area contributed by atoms with E-state index in [4.69, 9.17) is 4.99 Å². The molecule has 0 spiro atoms. The maximum absolute atomic E-state index is 4.82. The Labute approximate surface area is 146 Å². The average molecular weight is 329 g/mol. The standard InChI is InChI=1S/C20H32N4/c1-2-21-20(22-13-6-9-17-7-4-3-5-8-17)23-15-18-12-14-24(16-18)19-10-11-19/h3-5,7-8,18-19H,2,6,9-16H2,1H3,(H2,21,22,23). The Morgan fingerprint density at radius 3 is 2.75 bits per heavy atom. The lowest BCUT2D eigenvalue weighted by molar-refractivity contribution is 0.315. The lowest BCUT2D eigenvalue weighted by atomic mass is 10.1. The van der Waals surface area contributed by atoms with Crippen LogP contribution >= 0.6 is 0 Å². The van der Waals surface area contributed by atoms with Crippen molar-refractivity contribution < 1.29 is 0 Å². The molecule has 2 N–H and O–H groups in total. The van der Waals surface area contributed by atoms with Gasteiger partial charge in [-0.2, -0.15) is 0 Å². The zero-order valence-corrected chi connectivity index (χ0v) is 15.0. The highest BCUT2D eigenvalue weighted by atomic mass is 15.2. The third-order valence-electron chi connectivity index (χ3n) is 5.01. The molecule has 1 saturated carbocycles. The zero-order valence-electron chi connectivity index (χ0n) is 15.0. The molecule has 1 aliphatic heterocycles. The molecular weight excluding hydrogens is 296 g/mol. The first-order valence-electron chi connectivity index (χ1n) is 9.65. The summed E-state index contributed by atoms with van der Waals surface area (Å²) in [7, 11) is 0. The Bertz CT molecular complexity index is 510. The molecule has 132 valence electrons. The predicted molar refractivity (Wildman–Crippen MR) is 101 cm³/mol. The minimum absolute atomic E-state index is 0.741. The van der Waals surface area contributed by atoms with Crippen LogP contribution in [0.4, 0.5) is 0 Å². The summed E-state index contributed by atoms with van der Waals surface area (Å²) in [6.45, 7) is 7.51. The molecule has 1 aromatic rings. The lowest BCUT2D eigenvalue weighted by Crippen LogP contribution is -2.38. The summed E-state index contributed by atoms with van der Waals surface area (Å²) in [5.41, 5.74) is 1.41. The topological polar surface area (TPSA) is 39.7 Å². The summed E-state index contributed by atoms with van der Waals surface area (Å²) in [5.74, 6) is 1.72. The van der Waals surface area contributed by atoms with Gasteiger partial charge in [-0.05, 0) is 57.1 Å². The first-order chi connectivity index (χ1) is 11.8. The van der Waals surface area contributed by atoms with Gasteiger partial charge in [-0.3, -0.25) is 4.99 Å². The molecule has 3 rings (SSSR count). The van der Waals surface area contributed by atoms with Gasteiger partial charge in [0.1, 0.15) is 0 Å². The third kappa shape index (κ3) is 5.52. The molecule has 24 heavy (non-hydrogen) atoms. The van der Waals surface area contributed by atoms with E-state index in [-0.39, 0.29) is 0 Å². The van der Waals surface area contributed by atoms with E-state index in [9.17, 15) is 0 Å². The van der Waals surface area contributed by atoms with Crippen LogP contribution in [0.3, 0.4) is 0 Å². The Balaban J connectivity index is 1.37. The van der Waals surface area contributed by atoms with Crippen molar-refractivity contribution in [2.75, 3.05) is 32.7 Å². The number of aliphatic imine (C=N–C) groups is 1. The van der Waals surface area contributed by atoms with E-state index in [0.717, 1.165) is 50.4 Å². The van der Waals surface area contributed by atoms with Crippen molar-refractivity contribution in [3.8, 4) is 0 Å². The third-order valence-corrected chi connectivity index (χ3v) is 5.01. The van der Waals surface area contributed by atoms with Gasteiger partial charge < -0.3 is 15.5 Å². The molecule has 1 atom stereocenters. The quantitative estimate of drug-likeness (QED) is 0.438. The molecule has 0 aromatic heterocycles. The van der Waals surface area contributed by atoms with E-state index in [1.165, 1.54) is 37.9 Å². The molecular formula is C20H32N4. The van der Waals surface area contributed by atoms with Crippen molar-refractivity contribution in [3.05, 3.63) is 35.9 Å². The number of benzene rings is 1. The highest BCUT2D eigenvalue weighted by molar-refractivity contribution is 5.79. The lowest BCUT2D eigenvalue weighted by Gasteiger charge is -2.15. The Kier molecular flexibility index (Phi) is 6.53. The zero-order chi connectivity index (χ0) is 16.6. The van der Waals surface area contributed by atoms with Crippen molar-refractivity contribution >= 4 is 5.96 Å². The number of aryl methyl sites for hydroxylation is 1. The summed E-state index contributed by atoms with van der Waals surface area (Å²) >= 11 is 0. The predicted octanol–water partition coefficient (Wildman–Crippen LogP) is 2.66. The Hall–Kier alpha value is -1.55. The molecule has 1 unspecified atom stereocenters. The SMILES string of the molecule is CCNC(=NCC1CCN(C2CC2)C1)NCCCc1ccccc1. The number of hydrogen-bond acceptors (Lipinski definition) is 2. The molecule has 2 fully saturated rings. The molecule has 0 bridgehead atoms. The number of likely N-dealkylation sites (tertiary alicyclic amines) is 1. The van der Waals surface area contributed by atoms with Crippen LogP contribution in [0.2, 0.25) is 0 Å².